The maximum atomic E-state index is 11.2. The molecule has 7 heteroatoms. The van der Waals surface area contributed by atoms with Gasteiger partial charge in [0.05, 0.1) is 0 Å². The quantitative estimate of drug-likeness (QED) is 0.425. The molecule has 1 radical (unpaired) electrons. The van der Waals surface area contributed by atoms with Crippen LogP contribution in [0.15, 0.2) is 0 Å². The van der Waals surface area contributed by atoms with Crippen molar-refractivity contribution in [3.8, 4) is 0 Å². The topological polar surface area (TPSA) is 0 Å². The molecule has 0 aromatic heterocycles. The van der Waals surface area contributed by atoms with Gasteiger partial charge in [0.1, 0.15) is 0 Å². The van der Waals surface area contributed by atoms with E-state index in [0.29, 0.717) is 0 Å². The summed E-state index contributed by atoms with van der Waals surface area (Å²) in [6.45, 7) is 0. The van der Waals surface area contributed by atoms with Gasteiger partial charge in [-0.3, -0.25) is 0 Å². The van der Waals surface area contributed by atoms with Gasteiger partial charge in [0.25, 0.3) is 0 Å². The molecule has 57 valence electrons. The third-order valence-corrected chi connectivity index (χ3v) is 0.582. The summed E-state index contributed by atoms with van der Waals surface area (Å²) in [6.07, 6.45) is -8.59. The molecule has 0 nitrogen and oxygen atoms in total. The van der Waals surface area contributed by atoms with Gasteiger partial charge in [-0.2, -0.15) is 8.78 Å². The van der Waals surface area contributed by atoms with Crippen LogP contribution in [0.2, 0.25) is 0 Å². The summed E-state index contributed by atoms with van der Waals surface area (Å²) in [5, 5.41) is 0. The van der Waals surface area contributed by atoms with Crippen LogP contribution in [0.3, 0.4) is 0 Å². The molecular weight excluding hydrogens is 157 g/mol. The van der Waals surface area contributed by atoms with Gasteiger partial charge in [-0.15, -0.1) is 0 Å². The first-order valence-corrected chi connectivity index (χ1v) is 1.83. The number of halogens is 6. The summed E-state index contributed by atoms with van der Waals surface area (Å²) in [5.41, 5.74) is 0. The van der Waals surface area contributed by atoms with Gasteiger partial charge in [-0.05, 0) is 0 Å². The van der Waals surface area contributed by atoms with E-state index in [4.69, 9.17) is 0 Å². The molecule has 10 heavy (non-hydrogen) atoms. The molecule has 0 bridgehead atoms. The molecule has 0 spiro atoms. The summed E-state index contributed by atoms with van der Waals surface area (Å²) in [6, 6.07) is 0. The minimum absolute atomic E-state index is 0. The molecule has 0 aromatic rings. The molecule has 0 amide bonds. The van der Waals surface area contributed by atoms with E-state index in [1.807, 2.05) is 0 Å². The Morgan fingerprint density at radius 1 is 0.800 bits per heavy atom. The second kappa shape index (κ2) is 4.14. The van der Waals surface area contributed by atoms with Crippen molar-refractivity contribution in [3.63, 3.8) is 0 Å². The maximum Gasteiger partial charge on any atom is 0.366 e. The molecular formula is C3H2F6Li. The monoisotopic (exact) mass is 159 g/mol. The third kappa shape index (κ3) is 2.84. The minimum atomic E-state index is -5.17. The van der Waals surface area contributed by atoms with Crippen molar-refractivity contribution in [1.82, 2.24) is 0 Å². The van der Waals surface area contributed by atoms with Gasteiger partial charge in [0.15, 0.2) is 0 Å². The van der Waals surface area contributed by atoms with Crippen LogP contribution in [0.1, 0.15) is 0 Å². The van der Waals surface area contributed by atoms with E-state index in [0.717, 1.165) is 0 Å². The van der Waals surface area contributed by atoms with Crippen LogP contribution in [0.25, 0.3) is 0 Å². The first kappa shape index (κ1) is 12.8. The Labute approximate surface area is 64.8 Å². The van der Waals surface area contributed by atoms with Crippen molar-refractivity contribution < 1.29 is 26.3 Å². The van der Waals surface area contributed by atoms with Crippen LogP contribution in [0.4, 0.5) is 26.3 Å². The number of hydrogen-bond acceptors (Lipinski definition) is 0. The van der Waals surface area contributed by atoms with Crippen LogP contribution in [0, 0.1) is 0 Å². The van der Waals surface area contributed by atoms with Gasteiger partial charge in [-0.25, -0.2) is 17.6 Å². The number of alkyl halides is 6. The van der Waals surface area contributed by atoms with E-state index in [1.165, 1.54) is 0 Å². The van der Waals surface area contributed by atoms with Crippen LogP contribution in [0.5, 0.6) is 0 Å². The molecule has 0 heterocycles. The molecule has 0 rings (SSSR count). The molecule has 0 aromatic carbocycles. The van der Waals surface area contributed by atoms with E-state index in [-0.39, 0.29) is 18.9 Å². The van der Waals surface area contributed by atoms with Crippen LogP contribution >= 0.6 is 0 Å². The van der Waals surface area contributed by atoms with Gasteiger partial charge in [0.2, 0.25) is 0 Å². The fraction of sp³-hybridized carbons (Fsp3) is 1.00. The van der Waals surface area contributed by atoms with Gasteiger partial charge < -0.3 is 0 Å². The normalized spacial score (nSPS) is 12.0. The van der Waals surface area contributed by atoms with Crippen LogP contribution < -0.4 is 0 Å². The summed E-state index contributed by atoms with van der Waals surface area (Å²) >= 11 is 0. The second-order valence-corrected chi connectivity index (χ2v) is 1.28. The van der Waals surface area contributed by atoms with Gasteiger partial charge in [-0.1, -0.05) is 0 Å². The SMILES string of the molecule is FC(F)C(F)(F)C(F)F.[Li]. The number of rotatable bonds is 2. The van der Waals surface area contributed by atoms with Gasteiger partial charge >= 0.3 is 18.8 Å². The van der Waals surface area contributed by atoms with E-state index in [2.05, 4.69) is 0 Å². The smallest absolute Gasteiger partial charge is 0.203 e. The van der Waals surface area contributed by atoms with Crippen molar-refractivity contribution in [2.75, 3.05) is 0 Å². The zero-order valence-electron chi connectivity index (χ0n) is 4.92. The Kier molecular flexibility index (Phi) is 5.31. The molecule has 0 aliphatic carbocycles. The van der Waals surface area contributed by atoms with Crippen molar-refractivity contribution in [2.45, 2.75) is 18.8 Å². The molecule has 0 fully saturated rings. The largest absolute Gasteiger partial charge is 0.366 e. The second-order valence-electron chi connectivity index (χ2n) is 1.28. The van der Waals surface area contributed by atoms with Crippen molar-refractivity contribution >= 4 is 18.9 Å². The van der Waals surface area contributed by atoms with Crippen LogP contribution in [-0.4, -0.2) is 37.6 Å². The third-order valence-electron chi connectivity index (χ3n) is 0.582. The van der Waals surface area contributed by atoms with Crippen molar-refractivity contribution in [1.29, 1.82) is 0 Å². The average Bonchev–Trinajstić information content (AvgIpc) is 1.65. The molecule has 0 saturated carbocycles. The zero-order chi connectivity index (χ0) is 7.65. The predicted octanol–water partition coefficient (Wildman–Crippen LogP) is 1.77. The molecule has 0 aliphatic heterocycles. The molecule has 0 N–H and O–H groups in total. The first-order chi connectivity index (χ1) is 3.89. The summed E-state index contributed by atoms with van der Waals surface area (Å²) in [4.78, 5) is 0. The molecule has 0 atom stereocenters. The Hall–Kier alpha value is 0.177. The maximum absolute atomic E-state index is 11.2. The van der Waals surface area contributed by atoms with E-state index in [9.17, 15) is 26.3 Å². The summed E-state index contributed by atoms with van der Waals surface area (Å²) in [5.74, 6) is -5.17. The molecule has 0 saturated heterocycles. The molecule has 0 aliphatic rings. The zero-order valence-corrected chi connectivity index (χ0v) is 4.92. The van der Waals surface area contributed by atoms with Crippen molar-refractivity contribution in [3.05, 3.63) is 0 Å². The van der Waals surface area contributed by atoms with E-state index in [1.54, 1.807) is 0 Å². The number of hydrogen-bond donors (Lipinski definition) is 0. The Morgan fingerprint density at radius 3 is 1.00 bits per heavy atom. The minimum Gasteiger partial charge on any atom is -0.203 e. The Bertz CT molecular complexity index is 81.0. The fourth-order valence-electron chi connectivity index (χ4n) is 0.0952. The fourth-order valence-corrected chi connectivity index (χ4v) is 0.0952. The molecule has 0 unspecified atom stereocenters. The summed E-state index contributed by atoms with van der Waals surface area (Å²) < 4.78 is 65.7. The van der Waals surface area contributed by atoms with E-state index < -0.39 is 18.8 Å². The van der Waals surface area contributed by atoms with Crippen molar-refractivity contribution in [2.24, 2.45) is 0 Å². The summed E-state index contributed by atoms with van der Waals surface area (Å²) in [7, 11) is 0. The van der Waals surface area contributed by atoms with E-state index >= 15 is 0 Å². The standard InChI is InChI=1S/C3H2F6.Li/c4-1(5)3(8,9)2(6)7;/h1-2H;. The Balaban J connectivity index is 0. The predicted molar refractivity (Wildman–Crippen MR) is 22.7 cm³/mol. The van der Waals surface area contributed by atoms with Gasteiger partial charge in [0, 0.05) is 18.9 Å². The van der Waals surface area contributed by atoms with Crippen LogP contribution in [-0.2, 0) is 0 Å². The first-order valence-electron chi connectivity index (χ1n) is 1.83. The Morgan fingerprint density at radius 2 is 1.00 bits per heavy atom. The average molecular weight is 159 g/mol.